The number of nitrogens with zero attached hydrogens (tertiary/aromatic N) is 1. The summed E-state index contributed by atoms with van der Waals surface area (Å²) in [4.78, 5) is 16.5. The van der Waals surface area contributed by atoms with Gasteiger partial charge in [-0.1, -0.05) is 23.5 Å². The molecule has 0 atom stereocenters. The van der Waals surface area contributed by atoms with E-state index >= 15 is 0 Å². The highest BCUT2D eigenvalue weighted by Gasteiger charge is 2.21. The van der Waals surface area contributed by atoms with Gasteiger partial charge in [-0.3, -0.25) is 4.79 Å². The Bertz CT molecular complexity index is 533. The fraction of sp³-hybridized carbons (Fsp3) is 0.385. The number of carbonyl (C=O) groups is 1. The van der Waals surface area contributed by atoms with Crippen molar-refractivity contribution in [1.29, 1.82) is 0 Å². The Balaban J connectivity index is 0.00000133. The Kier molecular flexibility index (Phi) is 4.74. The highest BCUT2D eigenvalue weighted by Crippen LogP contribution is 2.26. The van der Waals surface area contributed by atoms with Crippen LogP contribution in [0.15, 0.2) is 24.3 Å². The Labute approximate surface area is 122 Å². The van der Waals surface area contributed by atoms with Gasteiger partial charge in [-0.15, -0.1) is 12.4 Å². The first-order valence-corrected chi connectivity index (χ1v) is 7.02. The molecular weight excluding hydrogens is 282 g/mol. The molecule has 1 aromatic heterocycles. The van der Waals surface area contributed by atoms with Crippen LogP contribution >= 0.6 is 23.7 Å². The SMILES string of the molecule is Cl.O=C(Nc1nc2ccccc2s1)C1CCNCC1. The van der Waals surface area contributed by atoms with E-state index in [1.807, 2.05) is 24.3 Å². The fourth-order valence-electron chi connectivity index (χ4n) is 2.22. The number of nitrogens with one attached hydrogen (secondary N) is 2. The molecule has 0 spiro atoms. The lowest BCUT2D eigenvalue weighted by Crippen LogP contribution is -2.34. The number of benzene rings is 1. The molecule has 1 fully saturated rings. The third-order valence-electron chi connectivity index (χ3n) is 3.23. The Morgan fingerprint density at radius 3 is 2.79 bits per heavy atom. The van der Waals surface area contributed by atoms with E-state index in [1.165, 1.54) is 11.3 Å². The molecule has 0 unspecified atom stereocenters. The molecule has 102 valence electrons. The van der Waals surface area contributed by atoms with Crippen molar-refractivity contribution in [2.24, 2.45) is 5.92 Å². The van der Waals surface area contributed by atoms with Gasteiger partial charge in [0.25, 0.3) is 0 Å². The first kappa shape index (κ1) is 14.2. The normalized spacial score (nSPS) is 16.0. The Hall–Kier alpha value is -1.17. The first-order valence-electron chi connectivity index (χ1n) is 6.20. The molecule has 2 heterocycles. The van der Waals surface area contributed by atoms with Gasteiger partial charge in [-0.05, 0) is 38.1 Å². The standard InChI is InChI=1S/C13H15N3OS.ClH/c17-12(9-5-7-14-8-6-9)16-13-15-10-3-1-2-4-11(10)18-13;/h1-4,9,14H,5-8H2,(H,15,16,17);1H. The number of amides is 1. The molecule has 2 N–H and O–H groups in total. The molecule has 1 aromatic carbocycles. The summed E-state index contributed by atoms with van der Waals surface area (Å²) in [6, 6.07) is 7.93. The molecule has 0 saturated carbocycles. The quantitative estimate of drug-likeness (QED) is 0.896. The summed E-state index contributed by atoms with van der Waals surface area (Å²) in [6.07, 6.45) is 1.83. The number of hydrogen-bond donors (Lipinski definition) is 2. The smallest absolute Gasteiger partial charge is 0.229 e. The van der Waals surface area contributed by atoms with Gasteiger partial charge in [0.2, 0.25) is 5.91 Å². The number of fused-ring (bicyclic) bond motifs is 1. The molecule has 0 radical (unpaired) electrons. The van der Waals surface area contributed by atoms with E-state index in [0.29, 0.717) is 5.13 Å². The van der Waals surface area contributed by atoms with Gasteiger partial charge in [-0.2, -0.15) is 0 Å². The maximum absolute atomic E-state index is 12.1. The summed E-state index contributed by atoms with van der Waals surface area (Å²) < 4.78 is 1.11. The van der Waals surface area contributed by atoms with Crippen LogP contribution in [0, 0.1) is 5.92 Å². The lowest BCUT2D eigenvalue weighted by atomic mass is 9.97. The minimum atomic E-state index is 0. The molecule has 0 bridgehead atoms. The molecule has 19 heavy (non-hydrogen) atoms. The molecular formula is C13H16ClN3OS. The van der Waals surface area contributed by atoms with E-state index in [4.69, 9.17) is 0 Å². The van der Waals surface area contributed by atoms with Crippen molar-refractivity contribution in [2.75, 3.05) is 18.4 Å². The second kappa shape index (κ2) is 6.32. The van der Waals surface area contributed by atoms with E-state index in [0.717, 1.165) is 36.1 Å². The van der Waals surface area contributed by atoms with Crippen molar-refractivity contribution in [3.63, 3.8) is 0 Å². The van der Waals surface area contributed by atoms with Crippen LogP contribution in [0.5, 0.6) is 0 Å². The van der Waals surface area contributed by atoms with Gasteiger partial charge in [0.1, 0.15) is 0 Å². The summed E-state index contributed by atoms with van der Waals surface area (Å²) >= 11 is 1.53. The minimum Gasteiger partial charge on any atom is -0.317 e. The summed E-state index contributed by atoms with van der Waals surface area (Å²) in [5, 5.41) is 6.91. The molecule has 1 aliphatic heterocycles. The minimum absolute atomic E-state index is 0. The highest BCUT2D eigenvalue weighted by atomic mass is 35.5. The number of carbonyl (C=O) groups excluding carboxylic acids is 1. The zero-order chi connectivity index (χ0) is 12.4. The van der Waals surface area contributed by atoms with Crippen LogP contribution < -0.4 is 10.6 Å². The van der Waals surface area contributed by atoms with Crippen LogP contribution in [0.1, 0.15) is 12.8 Å². The van der Waals surface area contributed by atoms with E-state index < -0.39 is 0 Å². The zero-order valence-corrected chi connectivity index (χ0v) is 12.0. The van der Waals surface area contributed by atoms with Crippen LogP contribution in [-0.2, 0) is 4.79 Å². The van der Waals surface area contributed by atoms with Gasteiger partial charge in [0, 0.05) is 5.92 Å². The molecule has 0 aliphatic carbocycles. The van der Waals surface area contributed by atoms with E-state index in [1.54, 1.807) is 0 Å². The molecule has 3 rings (SSSR count). The van der Waals surface area contributed by atoms with Gasteiger partial charge in [0.15, 0.2) is 5.13 Å². The van der Waals surface area contributed by atoms with Crippen molar-refractivity contribution >= 4 is 45.0 Å². The first-order chi connectivity index (χ1) is 8.83. The largest absolute Gasteiger partial charge is 0.317 e. The van der Waals surface area contributed by atoms with E-state index in [-0.39, 0.29) is 24.2 Å². The Morgan fingerprint density at radius 2 is 2.05 bits per heavy atom. The van der Waals surface area contributed by atoms with E-state index in [2.05, 4.69) is 15.6 Å². The van der Waals surface area contributed by atoms with Crippen LogP contribution in [0.4, 0.5) is 5.13 Å². The summed E-state index contributed by atoms with van der Waals surface area (Å²) in [5.74, 6) is 0.230. The van der Waals surface area contributed by atoms with Crippen LogP contribution in [0.25, 0.3) is 10.2 Å². The van der Waals surface area contributed by atoms with E-state index in [9.17, 15) is 4.79 Å². The lowest BCUT2D eigenvalue weighted by molar-refractivity contribution is -0.120. The second-order valence-electron chi connectivity index (χ2n) is 4.50. The lowest BCUT2D eigenvalue weighted by Gasteiger charge is -2.20. The van der Waals surface area contributed by atoms with Crippen molar-refractivity contribution in [2.45, 2.75) is 12.8 Å². The summed E-state index contributed by atoms with van der Waals surface area (Å²) in [7, 11) is 0. The average Bonchev–Trinajstić information content (AvgIpc) is 2.82. The molecule has 1 aliphatic rings. The Morgan fingerprint density at radius 1 is 1.32 bits per heavy atom. The number of rotatable bonds is 2. The average molecular weight is 298 g/mol. The van der Waals surface area contributed by atoms with Crippen molar-refractivity contribution in [3.05, 3.63) is 24.3 Å². The van der Waals surface area contributed by atoms with Gasteiger partial charge < -0.3 is 10.6 Å². The number of thiazole rings is 1. The zero-order valence-electron chi connectivity index (χ0n) is 10.4. The predicted octanol–water partition coefficient (Wildman–Crippen LogP) is 2.66. The van der Waals surface area contributed by atoms with Crippen molar-refractivity contribution in [3.8, 4) is 0 Å². The number of halogens is 1. The molecule has 6 heteroatoms. The molecule has 4 nitrogen and oxygen atoms in total. The van der Waals surface area contributed by atoms with Crippen LogP contribution in [0.2, 0.25) is 0 Å². The summed E-state index contributed by atoms with van der Waals surface area (Å²) in [5.41, 5.74) is 0.947. The number of piperidine rings is 1. The van der Waals surface area contributed by atoms with Crippen LogP contribution in [-0.4, -0.2) is 24.0 Å². The number of hydrogen-bond acceptors (Lipinski definition) is 4. The molecule has 1 saturated heterocycles. The monoisotopic (exact) mass is 297 g/mol. The van der Waals surface area contributed by atoms with Gasteiger partial charge in [-0.25, -0.2) is 4.98 Å². The molecule has 2 aromatic rings. The maximum atomic E-state index is 12.1. The predicted molar refractivity (Wildman–Crippen MR) is 81.1 cm³/mol. The van der Waals surface area contributed by atoms with Crippen LogP contribution in [0.3, 0.4) is 0 Å². The highest BCUT2D eigenvalue weighted by molar-refractivity contribution is 7.22. The number of anilines is 1. The third kappa shape index (κ3) is 3.23. The second-order valence-corrected chi connectivity index (χ2v) is 5.53. The molecule has 1 amide bonds. The van der Waals surface area contributed by atoms with Gasteiger partial charge >= 0.3 is 0 Å². The van der Waals surface area contributed by atoms with Crippen molar-refractivity contribution in [1.82, 2.24) is 10.3 Å². The number of aromatic nitrogens is 1. The summed E-state index contributed by atoms with van der Waals surface area (Å²) in [6.45, 7) is 1.86. The topological polar surface area (TPSA) is 54.0 Å². The number of para-hydroxylation sites is 1. The van der Waals surface area contributed by atoms with Crippen molar-refractivity contribution < 1.29 is 4.79 Å². The third-order valence-corrected chi connectivity index (χ3v) is 4.19. The maximum Gasteiger partial charge on any atom is 0.229 e. The fourth-order valence-corrected chi connectivity index (χ4v) is 3.09. The van der Waals surface area contributed by atoms with Gasteiger partial charge in [0.05, 0.1) is 10.2 Å².